The van der Waals surface area contributed by atoms with Gasteiger partial charge in [-0.15, -0.1) is 0 Å². The molecule has 1 aromatic heterocycles. The molecule has 1 atom stereocenters. The summed E-state index contributed by atoms with van der Waals surface area (Å²) < 4.78 is 5.00. The van der Waals surface area contributed by atoms with Gasteiger partial charge in [-0.05, 0) is 61.1 Å². The maximum absolute atomic E-state index is 2.52. The number of aromatic nitrogens is 2. The van der Waals surface area contributed by atoms with Gasteiger partial charge >= 0.3 is 0 Å². The van der Waals surface area contributed by atoms with Crippen molar-refractivity contribution < 1.29 is 4.57 Å². The van der Waals surface area contributed by atoms with Crippen molar-refractivity contribution in [1.29, 1.82) is 0 Å². The second-order valence-electron chi connectivity index (χ2n) is 10.0. The molecule has 0 N–H and O–H groups in total. The Morgan fingerprint density at radius 2 is 1.41 bits per heavy atom. The lowest BCUT2D eigenvalue weighted by atomic mass is 9.63. The first-order valence-electron chi connectivity index (χ1n) is 12.8. The van der Waals surface area contributed by atoms with E-state index in [1.54, 1.807) is 0 Å². The highest BCUT2D eigenvalue weighted by Crippen LogP contribution is 2.50. The lowest BCUT2D eigenvalue weighted by Crippen LogP contribution is -2.41. The third kappa shape index (κ3) is 3.12. The SMILES string of the molecule is Cc1ccccc1-n1c(C)c2[n+](c1-c1ccccc1)C=CC2(c1ccccc1)C1CCCCC1. The van der Waals surface area contributed by atoms with E-state index in [0.717, 1.165) is 0 Å². The van der Waals surface area contributed by atoms with E-state index in [2.05, 4.69) is 120 Å². The van der Waals surface area contributed by atoms with Crippen LogP contribution in [0.2, 0.25) is 0 Å². The van der Waals surface area contributed by atoms with Crippen LogP contribution in [-0.2, 0) is 5.41 Å². The summed E-state index contributed by atoms with van der Waals surface area (Å²) >= 11 is 0. The van der Waals surface area contributed by atoms with E-state index in [1.165, 1.54) is 71.7 Å². The molecule has 0 spiro atoms. The highest BCUT2D eigenvalue weighted by molar-refractivity contribution is 5.63. The van der Waals surface area contributed by atoms with Crippen molar-refractivity contribution >= 4 is 6.20 Å². The second-order valence-corrected chi connectivity index (χ2v) is 10.0. The van der Waals surface area contributed by atoms with E-state index in [1.807, 2.05) is 0 Å². The summed E-state index contributed by atoms with van der Waals surface area (Å²) in [5.41, 5.74) is 7.92. The monoisotopic (exact) mass is 445 g/mol. The molecule has 1 saturated carbocycles. The molecule has 4 aromatic rings. The van der Waals surface area contributed by atoms with Crippen LogP contribution >= 0.6 is 0 Å². The van der Waals surface area contributed by atoms with E-state index >= 15 is 0 Å². The number of rotatable bonds is 4. The second kappa shape index (κ2) is 8.43. The Labute approximate surface area is 203 Å². The molecule has 2 aliphatic rings. The van der Waals surface area contributed by atoms with Gasteiger partial charge in [-0.25, -0.2) is 0 Å². The Kier molecular flexibility index (Phi) is 5.25. The van der Waals surface area contributed by atoms with Gasteiger partial charge in [0, 0.05) is 6.92 Å². The van der Waals surface area contributed by atoms with Crippen LogP contribution in [0.4, 0.5) is 0 Å². The van der Waals surface area contributed by atoms with Gasteiger partial charge < -0.3 is 0 Å². The largest absolute Gasteiger partial charge is 0.299 e. The van der Waals surface area contributed by atoms with Crippen LogP contribution in [0.5, 0.6) is 0 Å². The summed E-state index contributed by atoms with van der Waals surface area (Å²) in [5, 5.41) is 0. The van der Waals surface area contributed by atoms with Crippen LogP contribution in [0.3, 0.4) is 0 Å². The molecule has 0 saturated heterocycles. The maximum atomic E-state index is 2.52. The third-order valence-corrected chi connectivity index (χ3v) is 8.13. The van der Waals surface area contributed by atoms with Crippen molar-refractivity contribution in [3.63, 3.8) is 0 Å². The summed E-state index contributed by atoms with van der Waals surface area (Å²) in [5.74, 6) is 1.86. The zero-order valence-electron chi connectivity index (χ0n) is 20.2. The van der Waals surface area contributed by atoms with Gasteiger partial charge in [-0.2, -0.15) is 9.13 Å². The van der Waals surface area contributed by atoms with Gasteiger partial charge in [-0.3, -0.25) is 0 Å². The normalized spacial score (nSPS) is 19.9. The predicted octanol–water partition coefficient (Wildman–Crippen LogP) is 7.40. The molecule has 3 aromatic carbocycles. The zero-order valence-corrected chi connectivity index (χ0v) is 20.2. The number of fused-ring (bicyclic) bond motifs is 1. The van der Waals surface area contributed by atoms with Gasteiger partial charge in [0.05, 0.1) is 17.2 Å². The van der Waals surface area contributed by atoms with Crippen LogP contribution < -0.4 is 4.57 Å². The summed E-state index contributed by atoms with van der Waals surface area (Å²) in [6.45, 7) is 4.55. The Morgan fingerprint density at radius 3 is 2.12 bits per heavy atom. The number of benzene rings is 3. The van der Waals surface area contributed by atoms with Crippen molar-refractivity contribution in [3.8, 4) is 17.1 Å². The van der Waals surface area contributed by atoms with Gasteiger partial charge in [0.1, 0.15) is 5.69 Å². The minimum absolute atomic E-state index is 0.0940. The first kappa shape index (κ1) is 21.2. The molecule has 0 amide bonds. The zero-order chi connectivity index (χ0) is 23.1. The fourth-order valence-corrected chi connectivity index (χ4v) is 6.60. The van der Waals surface area contributed by atoms with E-state index < -0.39 is 0 Å². The number of allylic oxidation sites excluding steroid dienone is 1. The Balaban J connectivity index is 1.69. The quantitative estimate of drug-likeness (QED) is 0.289. The minimum Gasteiger partial charge on any atom is -0.198 e. The number of para-hydroxylation sites is 1. The predicted molar refractivity (Wildman–Crippen MR) is 140 cm³/mol. The highest BCUT2D eigenvalue weighted by Gasteiger charge is 2.52. The summed E-state index contributed by atoms with van der Waals surface area (Å²) in [6, 6.07) is 30.9. The van der Waals surface area contributed by atoms with Gasteiger partial charge in [-0.1, -0.05) is 86.0 Å². The Morgan fingerprint density at radius 1 is 0.765 bits per heavy atom. The highest BCUT2D eigenvalue weighted by atomic mass is 15.2. The summed E-state index contributed by atoms with van der Waals surface area (Å²) in [7, 11) is 0. The van der Waals surface area contributed by atoms with Crippen LogP contribution in [0, 0.1) is 19.8 Å². The number of nitrogens with zero attached hydrogens (tertiary/aromatic N) is 2. The number of hydrogen-bond acceptors (Lipinski definition) is 0. The molecular formula is C32H33N2+. The van der Waals surface area contributed by atoms with Crippen LogP contribution in [0.1, 0.15) is 54.6 Å². The molecule has 1 unspecified atom stereocenters. The Hall–Kier alpha value is -3.39. The molecule has 2 heterocycles. The molecule has 170 valence electrons. The Bertz CT molecular complexity index is 1340. The van der Waals surface area contributed by atoms with Crippen LogP contribution in [0.15, 0.2) is 91.0 Å². The molecule has 1 fully saturated rings. The average Bonchev–Trinajstić information content (AvgIpc) is 3.43. The molecule has 34 heavy (non-hydrogen) atoms. The van der Waals surface area contributed by atoms with Gasteiger partial charge in [0.25, 0.3) is 5.82 Å². The summed E-state index contributed by atoms with van der Waals surface area (Å²) in [6.07, 6.45) is 11.5. The third-order valence-electron chi connectivity index (χ3n) is 8.13. The molecular weight excluding hydrogens is 412 g/mol. The standard InChI is InChI=1S/C32H33N2/c1-24-14-12-13-21-29(24)34-25(2)30-32(27-17-8-4-9-18-27,28-19-10-5-11-20-28)22-23-33(30)31(34)26-15-6-3-7-16-26/h3-4,6-9,12-18,21-23,28H,5,10-11,19-20H2,1-2H3/q+1. The average molecular weight is 446 g/mol. The van der Waals surface area contributed by atoms with E-state index in [4.69, 9.17) is 0 Å². The first-order valence-corrected chi connectivity index (χ1v) is 12.8. The van der Waals surface area contributed by atoms with Crippen molar-refractivity contribution in [2.75, 3.05) is 0 Å². The number of aryl methyl sites for hydroxylation is 1. The fourth-order valence-electron chi connectivity index (χ4n) is 6.60. The number of hydrogen-bond donors (Lipinski definition) is 0. The van der Waals surface area contributed by atoms with Crippen molar-refractivity contribution in [2.24, 2.45) is 5.92 Å². The molecule has 2 heteroatoms. The molecule has 2 nitrogen and oxygen atoms in total. The lowest BCUT2D eigenvalue weighted by molar-refractivity contribution is -0.561. The smallest absolute Gasteiger partial charge is 0.198 e. The van der Waals surface area contributed by atoms with Crippen LogP contribution in [-0.4, -0.2) is 4.57 Å². The molecule has 1 aliphatic heterocycles. The lowest BCUT2D eigenvalue weighted by Gasteiger charge is -2.37. The van der Waals surface area contributed by atoms with Crippen molar-refractivity contribution in [2.45, 2.75) is 51.4 Å². The van der Waals surface area contributed by atoms with Crippen molar-refractivity contribution in [3.05, 3.63) is 114 Å². The number of imidazole rings is 1. The van der Waals surface area contributed by atoms with Crippen LogP contribution in [0.25, 0.3) is 23.3 Å². The minimum atomic E-state index is -0.0940. The molecule has 0 bridgehead atoms. The summed E-state index contributed by atoms with van der Waals surface area (Å²) in [4.78, 5) is 0. The molecule has 1 aliphatic carbocycles. The van der Waals surface area contributed by atoms with E-state index in [9.17, 15) is 0 Å². The first-order chi connectivity index (χ1) is 16.7. The molecule has 0 radical (unpaired) electrons. The fraction of sp³-hybridized carbons (Fsp3) is 0.281. The van der Waals surface area contributed by atoms with Crippen molar-refractivity contribution in [1.82, 2.24) is 4.57 Å². The molecule has 6 rings (SSSR count). The van der Waals surface area contributed by atoms with Gasteiger partial charge in [0.15, 0.2) is 11.4 Å². The van der Waals surface area contributed by atoms with E-state index in [-0.39, 0.29) is 5.41 Å². The topological polar surface area (TPSA) is 8.81 Å². The van der Waals surface area contributed by atoms with Gasteiger partial charge in [0.2, 0.25) is 0 Å². The maximum Gasteiger partial charge on any atom is 0.299 e. The van der Waals surface area contributed by atoms with E-state index in [0.29, 0.717) is 5.92 Å².